The Kier molecular flexibility index (Phi) is 4.18. The van der Waals surface area contributed by atoms with Crippen molar-refractivity contribution in [1.29, 1.82) is 0 Å². The molecular formula is C15H12F3N3O2S. The summed E-state index contributed by atoms with van der Waals surface area (Å²) in [5.41, 5.74) is 1.05. The first-order chi connectivity index (χ1) is 11.3. The van der Waals surface area contributed by atoms with Crippen molar-refractivity contribution in [1.82, 2.24) is 9.55 Å². The largest absolute Gasteiger partial charge is 0.484 e. The van der Waals surface area contributed by atoms with E-state index in [1.165, 1.54) is 12.1 Å². The summed E-state index contributed by atoms with van der Waals surface area (Å²) < 4.78 is 43.6. The van der Waals surface area contributed by atoms with Gasteiger partial charge < -0.3 is 9.30 Å². The van der Waals surface area contributed by atoms with Crippen LogP contribution in [0.25, 0.3) is 10.2 Å². The number of benzene rings is 1. The van der Waals surface area contributed by atoms with Crippen molar-refractivity contribution in [3.05, 3.63) is 42.2 Å². The number of aryl methyl sites for hydroxylation is 1. The molecular weight excluding hydrogens is 343 g/mol. The number of halogens is 3. The van der Waals surface area contributed by atoms with Crippen LogP contribution >= 0.6 is 11.3 Å². The topological polar surface area (TPSA) is 56.2 Å². The number of ether oxygens (including phenoxy) is 1. The fraction of sp³-hybridized carbons (Fsp3) is 0.200. The minimum Gasteiger partial charge on any atom is -0.484 e. The number of carbonyl (C=O) groups excluding carboxylic acids is 1. The van der Waals surface area contributed by atoms with Crippen molar-refractivity contribution in [2.75, 3.05) is 11.9 Å². The van der Waals surface area contributed by atoms with E-state index >= 15 is 0 Å². The van der Waals surface area contributed by atoms with E-state index in [1.54, 1.807) is 36.0 Å². The first-order valence-electron chi connectivity index (χ1n) is 6.85. The van der Waals surface area contributed by atoms with E-state index in [0.29, 0.717) is 21.0 Å². The molecule has 1 amide bonds. The Bertz CT molecular complexity index is 886. The number of fused-ring (bicyclic) bond motifs is 1. The van der Waals surface area contributed by atoms with Crippen LogP contribution in [0.3, 0.4) is 0 Å². The number of alkyl halides is 3. The molecule has 126 valence electrons. The normalized spacial score (nSPS) is 11.7. The molecule has 0 saturated heterocycles. The summed E-state index contributed by atoms with van der Waals surface area (Å²) >= 11 is 1.16. The lowest BCUT2D eigenvalue weighted by atomic mass is 10.3. The number of anilines is 1. The van der Waals surface area contributed by atoms with Crippen LogP contribution in [0, 0.1) is 0 Å². The molecule has 3 aromatic rings. The molecule has 0 fully saturated rings. The highest BCUT2D eigenvalue weighted by Gasteiger charge is 2.28. The Morgan fingerprint density at radius 1 is 1.38 bits per heavy atom. The van der Waals surface area contributed by atoms with E-state index in [2.05, 4.69) is 10.3 Å². The monoisotopic (exact) mass is 355 g/mol. The summed E-state index contributed by atoms with van der Waals surface area (Å²) in [6.07, 6.45) is -2.64. The lowest BCUT2D eigenvalue weighted by molar-refractivity contribution is -0.153. The van der Waals surface area contributed by atoms with Crippen molar-refractivity contribution < 1.29 is 22.7 Å². The summed E-state index contributed by atoms with van der Waals surface area (Å²) in [6, 6.07) is 7.85. The summed E-state index contributed by atoms with van der Waals surface area (Å²) in [6.45, 7) is -1.35. The highest BCUT2D eigenvalue weighted by Crippen LogP contribution is 2.30. The number of nitrogens with one attached hydrogen (secondary N) is 1. The minimum atomic E-state index is -4.39. The molecule has 0 aliphatic carbocycles. The fourth-order valence-electron chi connectivity index (χ4n) is 2.07. The maximum Gasteiger partial charge on any atom is 0.422 e. The van der Waals surface area contributed by atoms with Crippen LogP contribution in [0.15, 0.2) is 36.5 Å². The quantitative estimate of drug-likeness (QED) is 0.774. The number of hydrogen-bond acceptors (Lipinski definition) is 4. The zero-order valence-corrected chi connectivity index (χ0v) is 13.2. The summed E-state index contributed by atoms with van der Waals surface area (Å²) in [5.74, 6) is -0.209. The Hall–Kier alpha value is -2.55. The molecule has 1 aromatic carbocycles. The fourth-order valence-corrected chi connectivity index (χ4v) is 2.96. The zero-order chi connectivity index (χ0) is 17.3. The Morgan fingerprint density at radius 2 is 2.17 bits per heavy atom. The highest BCUT2D eigenvalue weighted by molar-refractivity contribution is 7.22. The summed E-state index contributed by atoms with van der Waals surface area (Å²) in [5, 5.41) is 3.04. The van der Waals surface area contributed by atoms with Crippen LogP contribution in [0.4, 0.5) is 18.3 Å². The number of aromatic nitrogens is 2. The minimum absolute atomic E-state index is 0.101. The second-order valence-electron chi connectivity index (χ2n) is 5.01. The molecule has 9 heteroatoms. The van der Waals surface area contributed by atoms with Crippen LogP contribution in [-0.4, -0.2) is 28.2 Å². The second kappa shape index (κ2) is 6.16. The molecule has 0 aliphatic heterocycles. The van der Waals surface area contributed by atoms with E-state index in [0.717, 1.165) is 11.3 Å². The molecule has 3 rings (SSSR count). The molecule has 0 radical (unpaired) electrons. The third-order valence-corrected chi connectivity index (χ3v) is 4.09. The number of rotatable bonds is 4. The average molecular weight is 355 g/mol. The number of thiazole rings is 1. The predicted molar refractivity (Wildman–Crippen MR) is 84.5 cm³/mol. The predicted octanol–water partition coefficient (Wildman–Crippen LogP) is 3.83. The van der Waals surface area contributed by atoms with E-state index in [-0.39, 0.29) is 11.7 Å². The number of amides is 1. The van der Waals surface area contributed by atoms with Gasteiger partial charge in [0, 0.05) is 13.2 Å². The van der Waals surface area contributed by atoms with Crippen LogP contribution < -0.4 is 10.1 Å². The molecule has 0 spiro atoms. The molecule has 1 N–H and O–H groups in total. The molecule has 5 nitrogen and oxygen atoms in total. The molecule has 2 aromatic heterocycles. The second-order valence-corrected chi connectivity index (χ2v) is 6.04. The Morgan fingerprint density at radius 3 is 2.83 bits per heavy atom. The molecule has 0 aliphatic rings. The van der Waals surface area contributed by atoms with Gasteiger partial charge in [-0.15, -0.1) is 0 Å². The van der Waals surface area contributed by atoms with Crippen LogP contribution in [0.5, 0.6) is 5.75 Å². The van der Waals surface area contributed by atoms with E-state index in [4.69, 9.17) is 4.74 Å². The van der Waals surface area contributed by atoms with Crippen LogP contribution in [-0.2, 0) is 7.05 Å². The third kappa shape index (κ3) is 3.67. The van der Waals surface area contributed by atoms with Gasteiger partial charge in [0.25, 0.3) is 5.91 Å². The van der Waals surface area contributed by atoms with Gasteiger partial charge in [0.15, 0.2) is 11.7 Å². The van der Waals surface area contributed by atoms with Crippen molar-refractivity contribution in [2.45, 2.75) is 6.18 Å². The van der Waals surface area contributed by atoms with Gasteiger partial charge in [-0.2, -0.15) is 13.2 Å². The van der Waals surface area contributed by atoms with Gasteiger partial charge in [0.05, 0.1) is 10.2 Å². The summed E-state index contributed by atoms with van der Waals surface area (Å²) in [7, 11) is 1.75. The van der Waals surface area contributed by atoms with Gasteiger partial charge in [-0.25, -0.2) is 4.98 Å². The maximum atomic E-state index is 12.2. The smallest absolute Gasteiger partial charge is 0.422 e. The standard InChI is InChI=1S/C15H12F3N3O2S/c1-21-6-2-3-11(21)13(22)20-14-19-10-5-4-9(7-12(10)24-14)23-8-15(16,17)18/h2-7H,8H2,1H3,(H,19,20,22). The van der Waals surface area contributed by atoms with Crippen molar-refractivity contribution in [3.63, 3.8) is 0 Å². The van der Waals surface area contributed by atoms with Gasteiger partial charge in [0.2, 0.25) is 0 Å². The van der Waals surface area contributed by atoms with Gasteiger partial charge in [0.1, 0.15) is 11.4 Å². The van der Waals surface area contributed by atoms with Gasteiger partial charge in [-0.3, -0.25) is 10.1 Å². The molecule has 0 unspecified atom stereocenters. The zero-order valence-electron chi connectivity index (χ0n) is 12.4. The molecule has 0 atom stereocenters. The van der Waals surface area contributed by atoms with E-state index < -0.39 is 12.8 Å². The molecule has 0 saturated carbocycles. The lowest BCUT2D eigenvalue weighted by Crippen LogP contribution is -2.19. The first kappa shape index (κ1) is 16.3. The van der Waals surface area contributed by atoms with Crippen molar-refractivity contribution in [2.24, 2.45) is 7.05 Å². The molecule has 24 heavy (non-hydrogen) atoms. The number of carbonyl (C=O) groups is 1. The Balaban J connectivity index is 1.76. The van der Waals surface area contributed by atoms with Crippen molar-refractivity contribution >= 4 is 32.6 Å². The summed E-state index contributed by atoms with van der Waals surface area (Å²) in [4.78, 5) is 16.4. The number of nitrogens with zero attached hydrogens (tertiary/aromatic N) is 2. The molecule has 0 bridgehead atoms. The Labute approximate surface area is 138 Å². The first-order valence-corrected chi connectivity index (χ1v) is 7.66. The van der Waals surface area contributed by atoms with Gasteiger partial charge in [-0.05, 0) is 30.3 Å². The van der Waals surface area contributed by atoms with Gasteiger partial charge >= 0.3 is 6.18 Å². The SMILES string of the molecule is Cn1cccc1C(=O)Nc1nc2ccc(OCC(F)(F)F)cc2s1. The highest BCUT2D eigenvalue weighted by atomic mass is 32.1. The van der Waals surface area contributed by atoms with Crippen LogP contribution in [0.2, 0.25) is 0 Å². The van der Waals surface area contributed by atoms with E-state index in [9.17, 15) is 18.0 Å². The lowest BCUT2D eigenvalue weighted by Gasteiger charge is -2.08. The molecule has 2 heterocycles. The van der Waals surface area contributed by atoms with Gasteiger partial charge in [-0.1, -0.05) is 11.3 Å². The maximum absolute atomic E-state index is 12.2. The third-order valence-electron chi connectivity index (χ3n) is 3.16. The average Bonchev–Trinajstić information content (AvgIpc) is 3.09. The van der Waals surface area contributed by atoms with E-state index in [1.807, 2.05) is 0 Å². The van der Waals surface area contributed by atoms with Crippen molar-refractivity contribution in [3.8, 4) is 5.75 Å². The number of hydrogen-bond donors (Lipinski definition) is 1. The van der Waals surface area contributed by atoms with Crippen LogP contribution in [0.1, 0.15) is 10.5 Å².